The minimum Gasteiger partial charge on any atom is -0.463 e. The summed E-state index contributed by atoms with van der Waals surface area (Å²) in [4.78, 5) is 6.74. The zero-order valence-corrected chi connectivity index (χ0v) is 17.9. The summed E-state index contributed by atoms with van der Waals surface area (Å²) in [6, 6.07) is 3.63. The van der Waals surface area contributed by atoms with Gasteiger partial charge in [0.1, 0.15) is 17.1 Å². The van der Waals surface area contributed by atoms with Crippen LogP contribution < -0.4 is 10.6 Å². The van der Waals surface area contributed by atoms with E-state index >= 15 is 0 Å². The maximum Gasteiger partial charge on any atom is 0.191 e. The normalized spacial score (nSPS) is 21.3. The summed E-state index contributed by atoms with van der Waals surface area (Å²) >= 11 is 0. The summed E-state index contributed by atoms with van der Waals surface area (Å²) < 4.78 is 11.3. The van der Waals surface area contributed by atoms with Crippen LogP contribution in [0.2, 0.25) is 0 Å². The minimum absolute atomic E-state index is 0. The van der Waals surface area contributed by atoms with Crippen molar-refractivity contribution in [1.82, 2.24) is 15.5 Å². The molecule has 2 rings (SSSR count). The Morgan fingerprint density at radius 1 is 1.44 bits per heavy atom. The number of rotatable bonds is 6. The molecule has 0 aromatic carbocycles. The molecule has 3 N–H and O–H groups in total. The number of ether oxygens (including phenoxy) is 1. The van der Waals surface area contributed by atoms with Crippen LogP contribution in [0, 0.1) is 6.92 Å². The molecule has 8 heteroatoms. The van der Waals surface area contributed by atoms with E-state index in [0.717, 1.165) is 32.0 Å². The molecule has 2 heterocycles. The summed E-state index contributed by atoms with van der Waals surface area (Å²) in [5.74, 6) is 1.97. The number of nitrogens with zero attached hydrogens (tertiary/aromatic N) is 2. The summed E-state index contributed by atoms with van der Waals surface area (Å²) in [6.45, 7) is 9.83. The van der Waals surface area contributed by atoms with Crippen LogP contribution in [-0.4, -0.2) is 68.4 Å². The second-order valence-electron chi connectivity index (χ2n) is 6.52. The van der Waals surface area contributed by atoms with Crippen LogP contribution in [-0.2, 0) is 10.3 Å². The van der Waals surface area contributed by atoms with Crippen molar-refractivity contribution in [2.75, 3.05) is 46.4 Å². The van der Waals surface area contributed by atoms with Crippen molar-refractivity contribution in [3.63, 3.8) is 0 Å². The van der Waals surface area contributed by atoms with Gasteiger partial charge in [-0.05, 0) is 40.0 Å². The molecule has 0 bridgehead atoms. The highest BCUT2D eigenvalue weighted by Gasteiger charge is 2.27. The Labute approximate surface area is 167 Å². The average molecular weight is 466 g/mol. The number of halogens is 1. The molecule has 2 unspecified atom stereocenters. The summed E-state index contributed by atoms with van der Waals surface area (Å²) in [5, 5.41) is 17.1. The first kappa shape index (κ1) is 22.2. The van der Waals surface area contributed by atoms with Crippen LogP contribution in [0.25, 0.3) is 0 Å². The molecule has 0 saturated carbocycles. The largest absolute Gasteiger partial charge is 0.463 e. The summed E-state index contributed by atoms with van der Waals surface area (Å²) in [6.07, 6.45) is 0.140. The first-order valence-corrected chi connectivity index (χ1v) is 8.52. The fraction of sp³-hybridized carbons (Fsp3) is 0.706. The Bertz CT molecular complexity index is 548. The van der Waals surface area contributed by atoms with Gasteiger partial charge < -0.3 is 29.8 Å². The van der Waals surface area contributed by atoms with Gasteiger partial charge in [-0.25, -0.2) is 4.99 Å². The Kier molecular flexibility index (Phi) is 9.19. The number of guanidine groups is 1. The third-order valence-electron chi connectivity index (χ3n) is 4.00. The molecule has 1 aromatic heterocycles. The van der Waals surface area contributed by atoms with Crippen molar-refractivity contribution < 1.29 is 14.3 Å². The van der Waals surface area contributed by atoms with Crippen molar-refractivity contribution >= 4 is 29.9 Å². The number of aryl methyl sites for hydroxylation is 1. The van der Waals surface area contributed by atoms with E-state index in [4.69, 9.17) is 9.15 Å². The monoisotopic (exact) mass is 466 g/mol. The summed E-state index contributed by atoms with van der Waals surface area (Å²) in [7, 11) is 2.09. The summed E-state index contributed by atoms with van der Waals surface area (Å²) in [5.41, 5.74) is -1.14. The molecule has 2 atom stereocenters. The van der Waals surface area contributed by atoms with Gasteiger partial charge in [-0.1, -0.05) is 0 Å². The second-order valence-corrected chi connectivity index (χ2v) is 6.52. The SMILES string of the molecule is CCNC(=NCC(C)(O)c1ccc(C)o1)NCC1CN(C)CCO1.I. The number of morpholine rings is 1. The van der Waals surface area contributed by atoms with Gasteiger partial charge in [0.15, 0.2) is 5.96 Å². The van der Waals surface area contributed by atoms with E-state index < -0.39 is 5.60 Å². The third kappa shape index (κ3) is 7.12. The fourth-order valence-electron chi connectivity index (χ4n) is 2.58. The van der Waals surface area contributed by atoms with Crippen LogP contribution in [0.5, 0.6) is 0 Å². The number of hydrogen-bond acceptors (Lipinski definition) is 5. The van der Waals surface area contributed by atoms with Crippen molar-refractivity contribution in [3.8, 4) is 0 Å². The fourth-order valence-corrected chi connectivity index (χ4v) is 2.58. The predicted octanol–water partition coefficient (Wildman–Crippen LogP) is 1.30. The Balaban J connectivity index is 0.00000312. The number of likely N-dealkylation sites (N-methyl/N-ethyl adjacent to an activating group) is 1. The molecule has 25 heavy (non-hydrogen) atoms. The smallest absolute Gasteiger partial charge is 0.191 e. The molecule has 1 aromatic rings. The Morgan fingerprint density at radius 2 is 2.20 bits per heavy atom. The van der Waals surface area contributed by atoms with Crippen LogP contribution in [0.15, 0.2) is 21.5 Å². The average Bonchev–Trinajstić information content (AvgIpc) is 2.98. The number of furan rings is 1. The van der Waals surface area contributed by atoms with Gasteiger partial charge in [0.2, 0.25) is 0 Å². The maximum atomic E-state index is 10.6. The van der Waals surface area contributed by atoms with Gasteiger partial charge in [-0.3, -0.25) is 0 Å². The van der Waals surface area contributed by atoms with E-state index in [2.05, 4.69) is 27.6 Å². The van der Waals surface area contributed by atoms with Crippen LogP contribution >= 0.6 is 24.0 Å². The molecule has 7 nitrogen and oxygen atoms in total. The molecule has 1 aliphatic heterocycles. The van der Waals surface area contributed by atoms with Gasteiger partial charge in [-0.2, -0.15) is 0 Å². The molecule has 1 aliphatic rings. The highest BCUT2D eigenvalue weighted by Crippen LogP contribution is 2.23. The molecule has 1 fully saturated rings. The van der Waals surface area contributed by atoms with Gasteiger partial charge >= 0.3 is 0 Å². The number of nitrogens with one attached hydrogen (secondary N) is 2. The quantitative estimate of drug-likeness (QED) is 0.333. The van der Waals surface area contributed by atoms with Crippen molar-refractivity contribution in [3.05, 3.63) is 23.7 Å². The second kappa shape index (κ2) is 10.3. The van der Waals surface area contributed by atoms with Crippen molar-refractivity contribution in [1.29, 1.82) is 0 Å². The van der Waals surface area contributed by atoms with Crippen molar-refractivity contribution in [2.24, 2.45) is 4.99 Å². The number of aliphatic imine (C=N–C) groups is 1. The van der Waals surface area contributed by atoms with Gasteiger partial charge in [0.25, 0.3) is 0 Å². The Hall–Kier alpha value is -0.840. The molecular formula is C17H31IN4O3. The van der Waals surface area contributed by atoms with E-state index in [-0.39, 0.29) is 36.6 Å². The van der Waals surface area contributed by atoms with E-state index in [0.29, 0.717) is 18.3 Å². The molecule has 0 spiro atoms. The molecule has 0 aliphatic carbocycles. The van der Waals surface area contributed by atoms with E-state index in [9.17, 15) is 5.11 Å². The van der Waals surface area contributed by atoms with E-state index in [1.807, 2.05) is 19.9 Å². The predicted molar refractivity (Wildman–Crippen MR) is 110 cm³/mol. The number of hydrogen-bond donors (Lipinski definition) is 3. The molecule has 144 valence electrons. The zero-order valence-electron chi connectivity index (χ0n) is 15.5. The first-order chi connectivity index (χ1) is 11.4. The van der Waals surface area contributed by atoms with Gasteiger partial charge in [0.05, 0.1) is 19.3 Å². The minimum atomic E-state index is -1.14. The van der Waals surface area contributed by atoms with Crippen molar-refractivity contribution in [2.45, 2.75) is 32.5 Å². The molecule has 0 amide bonds. The molecular weight excluding hydrogens is 435 g/mol. The lowest BCUT2D eigenvalue weighted by Crippen LogP contribution is -2.48. The number of aliphatic hydroxyl groups is 1. The lowest BCUT2D eigenvalue weighted by atomic mass is 10.0. The maximum absolute atomic E-state index is 10.6. The third-order valence-corrected chi connectivity index (χ3v) is 4.00. The Morgan fingerprint density at radius 3 is 2.80 bits per heavy atom. The van der Waals surface area contributed by atoms with E-state index in [1.165, 1.54) is 0 Å². The van der Waals surface area contributed by atoms with E-state index in [1.54, 1.807) is 13.0 Å². The van der Waals surface area contributed by atoms with Crippen LogP contribution in [0.1, 0.15) is 25.4 Å². The highest BCUT2D eigenvalue weighted by atomic mass is 127. The molecule has 0 radical (unpaired) electrons. The first-order valence-electron chi connectivity index (χ1n) is 8.52. The lowest BCUT2D eigenvalue weighted by Gasteiger charge is -2.30. The lowest BCUT2D eigenvalue weighted by molar-refractivity contribution is -0.0161. The van der Waals surface area contributed by atoms with Gasteiger partial charge in [0, 0.05) is 26.2 Å². The van der Waals surface area contributed by atoms with Crippen LogP contribution in [0.4, 0.5) is 0 Å². The highest BCUT2D eigenvalue weighted by molar-refractivity contribution is 14.0. The zero-order chi connectivity index (χ0) is 17.6. The standard InChI is InChI=1S/C17H30N4O3.HI/c1-5-18-16(19-10-14-11-21(4)8-9-23-14)20-12-17(3,22)15-7-6-13(2)24-15;/h6-7,14,22H,5,8-12H2,1-4H3,(H2,18,19,20);1H. The van der Waals surface area contributed by atoms with Crippen LogP contribution in [0.3, 0.4) is 0 Å². The molecule has 1 saturated heterocycles. The van der Waals surface area contributed by atoms with Gasteiger partial charge in [-0.15, -0.1) is 24.0 Å². The topological polar surface area (TPSA) is 82.3 Å².